The second-order valence-corrected chi connectivity index (χ2v) is 5.03. The van der Waals surface area contributed by atoms with E-state index in [-0.39, 0.29) is 13.2 Å². The first kappa shape index (κ1) is 14.0. The predicted octanol–water partition coefficient (Wildman–Crippen LogP) is 2.86. The molecule has 1 aromatic carbocycles. The molecule has 0 aliphatic heterocycles. The third-order valence-corrected chi connectivity index (χ3v) is 3.22. The molecule has 0 atom stereocenters. The van der Waals surface area contributed by atoms with Gasteiger partial charge in [0.1, 0.15) is 5.75 Å². The monoisotopic (exact) mass is 352 g/mol. The Labute approximate surface area is 112 Å². The molecular formula is C11H14Br2O3. The SMILES string of the molecule is OCCCCOc1c(Br)cc(CO)cc1Br. The standard InChI is InChI=1S/C11H14Br2O3/c12-9-5-8(7-15)6-10(13)11(9)16-4-2-1-3-14/h5-6,14-15H,1-4,7H2. The molecule has 3 nitrogen and oxygen atoms in total. The Morgan fingerprint density at radius 3 is 2.19 bits per heavy atom. The van der Waals surface area contributed by atoms with Crippen LogP contribution in [0.1, 0.15) is 18.4 Å². The van der Waals surface area contributed by atoms with Crippen molar-refractivity contribution in [1.29, 1.82) is 0 Å². The summed E-state index contributed by atoms with van der Waals surface area (Å²) in [4.78, 5) is 0. The van der Waals surface area contributed by atoms with Crippen LogP contribution < -0.4 is 4.74 Å². The fourth-order valence-electron chi connectivity index (χ4n) is 1.23. The third-order valence-electron chi connectivity index (χ3n) is 2.04. The summed E-state index contributed by atoms with van der Waals surface area (Å²) in [6.45, 7) is 0.757. The zero-order valence-electron chi connectivity index (χ0n) is 8.75. The van der Waals surface area contributed by atoms with E-state index in [1.807, 2.05) is 12.1 Å². The molecule has 0 fully saturated rings. The van der Waals surface area contributed by atoms with E-state index in [1.165, 1.54) is 0 Å². The maximum absolute atomic E-state index is 9.01. The fraction of sp³-hybridized carbons (Fsp3) is 0.455. The number of hydrogen-bond donors (Lipinski definition) is 2. The summed E-state index contributed by atoms with van der Waals surface area (Å²) in [6, 6.07) is 3.65. The maximum Gasteiger partial charge on any atom is 0.147 e. The van der Waals surface area contributed by atoms with Crippen molar-refractivity contribution in [3.8, 4) is 5.75 Å². The van der Waals surface area contributed by atoms with Crippen LogP contribution in [0.25, 0.3) is 0 Å². The second kappa shape index (κ2) is 7.27. The van der Waals surface area contributed by atoms with Crippen molar-refractivity contribution in [2.45, 2.75) is 19.4 Å². The van der Waals surface area contributed by atoms with Crippen LogP contribution >= 0.6 is 31.9 Å². The van der Waals surface area contributed by atoms with Crippen LogP contribution in [0.15, 0.2) is 21.1 Å². The van der Waals surface area contributed by atoms with E-state index in [0.29, 0.717) is 6.61 Å². The van der Waals surface area contributed by atoms with Crippen LogP contribution in [0.3, 0.4) is 0 Å². The molecule has 0 aliphatic carbocycles. The third kappa shape index (κ3) is 4.05. The zero-order chi connectivity index (χ0) is 12.0. The first-order valence-electron chi connectivity index (χ1n) is 5.01. The first-order valence-corrected chi connectivity index (χ1v) is 6.60. The smallest absolute Gasteiger partial charge is 0.147 e. The molecule has 16 heavy (non-hydrogen) atoms. The molecular weight excluding hydrogens is 340 g/mol. The lowest BCUT2D eigenvalue weighted by molar-refractivity contribution is 0.251. The summed E-state index contributed by atoms with van der Waals surface area (Å²) in [5.41, 5.74) is 0.821. The number of ether oxygens (including phenoxy) is 1. The van der Waals surface area contributed by atoms with E-state index < -0.39 is 0 Å². The van der Waals surface area contributed by atoms with Crippen molar-refractivity contribution < 1.29 is 14.9 Å². The predicted molar refractivity (Wildman–Crippen MR) is 69.6 cm³/mol. The van der Waals surface area contributed by atoms with Crippen molar-refractivity contribution >= 4 is 31.9 Å². The van der Waals surface area contributed by atoms with Gasteiger partial charge in [-0.2, -0.15) is 0 Å². The minimum Gasteiger partial charge on any atom is -0.491 e. The Kier molecular flexibility index (Phi) is 6.34. The average Bonchev–Trinajstić information content (AvgIpc) is 2.26. The van der Waals surface area contributed by atoms with Gasteiger partial charge in [0.25, 0.3) is 0 Å². The first-order chi connectivity index (χ1) is 7.69. The van der Waals surface area contributed by atoms with Crippen molar-refractivity contribution in [2.24, 2.45) is 0 Å². The van der Waals surface area contributed by atoms with Crippen LogP contribution in [-0.2, 0) is 6.61 Å². The van der Waals surface area contributed by atoms with Gasteiger partial charge >= 0.3 is 0 Å². The number of benzene rings is 1. The van der Waals surface area contributed by atoms with Gasteiger partial charge in [-0.1, -0.05) is 0 Å². The lowest BCUT2D eigenvalue weighted by atomic mass is 10.2. The van der Waals surface area contributed by atoms with Crippen molar-refractivity contribution in [1.82, 2.24) is 0 Å². The Bertz CT molecular complexity index is 319. The van der Waals surface area contributed by atoms with Gasteiger partial charge in [-0.05, 0) is 62.4 Å². The summed E-state index contributed by atoms with van der Waals surface area (Å²) in [7, 11) is 0. The van der Waals surface area contributed by atoms with Gasteiger partial charge in [0.05, 0.1) is 22.2 Å². The van der Waals surface area contributed by atoms with Gasteiger partial charge < -0.3 is 14.9 Å². The van der Waals surface area contributed by atoms with Gasteiger partial charge in [0.2, 0.25) is 0 Å². The highest BCUT2D eigenvalue weighted by Crippen LogP contribution is 2.34. The molecule has 0 aliphatic rings. The maximum atomic E-state index is 9.01. The highest BCUT2D eigenvalue weighted by Gasteiger charge is 2.08. The molecule has 0 saturated carbocycles. The molecule has 0 radical (unpaired) electrons. The van der Waals surface area contributed by atoms with Crippen LogP contribution in [0.4, 0.5) is 0 Å². The number of hydrogen-bond acceptors (Lipinski definition) is 3. The molecule has 0 saturated heterocycles. The lowest BCUT2D eigenvalue weighted by Crippen LogP contribution is -2.00. The van der Waals surface area contributed by atoms with Gasteiger partial charge in [-0.3, -0.25) is 0 Å². The molecule has 0 heterocycles. The second-order valence-electron chi connectivity index (χ2n) is 3.33. The minimum atomic E-state index is 0.00198. The summed E-state index contributed by atoms with van der Waals surface area (Å²) < 4.78 is 7.21. The number of unbranched alkanes of at least 4 members (excludes halogenated alkanes) is 1. The number of aliphatic hydroxyl groups excluding tert-OH is 2. The quantitative estimate of drug-likeness (QED) is 0.773. The minimum absolute atomic E-state index is 0.00198. The number of aliphatic hydroxyl groups is 2. The molecule has 1 rings (SSSR count). The van der Waals surface area contributed by atoms with Crippen LogP contribution in [0.2, 0.25) is 0 Å². The van der Waals surface area contributed by atoms with E-state index in [2.05, 4.69) is 31.9 Å². The van der Waals surface area contributed by atoms with Gasteiger partial charge in [0, 0.05) is 6.61 Å². The number of rotatable bonds is 6. The Hall–Kier alpha value is -0.100. The lowest BCUT2D eigenvalue weighted by Gasteiger charge is -2.11. The largest absolute Gasteiger partial charge is 0.491 e. The van der Waals surface area contributed by atoms with Gasteiger partial charge in [0.15, 0.2) is 0 Å². The van der Waals surface area contributed by atoms with Gasteiger partial charge in [-0.25, -0.2) is 0 Å². The molecule has 0 amide bonds. The Morgan fingerprint density at radius 2 is 1.69 bits per heavy atom. The molecule has 0 unspecified atom stereocenters. The average molecular weight is 354 g/mol. The van der Waals surface area contributed by atoms with Crippen LogP contribution in [-0.4, -0.2) is 23.4 Å². The summed E-state index contributed by atoms with van der Waals surface area (Å²) in [6.07, 6.45) is 1.56. The zero-order valence-corrected chi connectivity index (χ0v) is 11.9. The van der Waals surface area contributed by atoms with Gasteiger partial charge in [-0.15, -0.1) is 0 Å². The topological polar surface area (TPSA) is 49.7 Å². The fourth-order valence-corrected chi connectivity index (χ4v) is 2.74. The van der Waals surface area contributed by atoms with Crippen molar-refractivity contribution in [3.63, 3.8) is 0 Å². The summed E-state index contributed by atoms with van der Waals surface area (Å²) in [5.74, 6) is 0.732. The van der Waals surface area contributed by atoms with E-state index in [0.717, 1.165) is 33.1 Å². The highest BCUT2D eigenvalue weighted by molar-refractivity contribution is 9.11. The normalized spacial score (nSPS) is 10.5. The molecule has 2 N–H and O–H groups in total. The molecule has 5 heteroatoms. The van der Waals surface area contributed by atoms with E-state index >= 15 is 0 Å². The van der Waals surface area contributed by atoms with Crippen molar-refractivity contribution in [3.05, 3.63) is 26.6 Å². The molecule has 0 spiro atoms. The van der Waals surface area contributed by atoms with E-state index in [4.69, 9.17) is 14.9 Å². The van der Waals surface area contributed by atoms with Crippen molar-refractivity contribution in [2.75, 3.05) is 13.2 Å². The summed E-state index contributed by atoms with van der Waals surface area (Å²) in [5, 5.41) is 17.7. The molecule has 0 bridgehead atoms. The molecule has 1 aromatic rings. The Morgan fingerprint density at radius 1 is 1.06 bits per heavy atom. The molecule has 90 valence electrons. The highest BCUT2D eigenvalue weighted by atomic mass is 79.9. The van der Waals surface area contributed by atoms with E-state index in [9.17, 15) is 0 Å². The summed E-state index contributed by atoms with van der Waals surface area (Å²) >= 11 is 6.78. The molecule has 0 aromatic heterocycles. The van der Waals surface area contributed by atoms with Crippen LogP contribution in [0, 0.1) is 0 Å². The number of halogens is 2. The Balaban J connectivity index is 2.65. The van der Waals surface area contributed by atoms with E-state index in [1.54, 1.807) is 0 Å². The van der Waals surface area contributed by atoms with Crippen LogP contribution in [0.5, 0.6) is 5.75 Å².